The fourth-order valence-electron chi connectivity index (χ4n) is 1.89. The number of hydrogen-bond acceptors (Lipinski definition) is 3. The minimum Gasteiger partial charge on any atom is -0.282 e. The fourth-order valence-corrected chi connectivity index (χ4v) is 4.04. The summed E-state index contributed by atoms with van der Waals surface area (Å²) in [5.74, 6) is 0. The molecule has 92 valence electrons. The minimum atomic E-state index is -4.15. The predicted octanol–water partition coefficient (Wildman–Crippen LogP) is 4.06. The first-order valence-electron chi connectivity index (χ1n) is 5.04. The second kappa shape index (κ2) is 4.03. The van der Waals surface area contributed by atoms with E-state index in [0.717, 1.165) is 24.6 Å². The minimum absolute atomic E-state index is 0.0716. The van der Waals surface area contributed by atoms with Crippen LogP contribution in [0.15, 0.2) is 45.8 Å². The smallest absolute Gasteiger partial charge is 0.282 e. The average molecular weight is 343 g/mol. The van der Waals surface area contributed by atoms with Crippen molar-refractivity contribution in [2.75, 3.05) is 0 Å². The van der Waals surface area contributed by atoms with Crippen molar-refractivity contribution in [3.05, 3.63) is 40.9 Å². The highest BCUT2D eigenvalue weighted by atomic mass is 79.9. The number of halogens is 1. The molecule has 0 atom stereocenters. The Balaban J connectivity index is 2.43. The molecular formula is C12H7BrO3S2. The van der Waals surface area contributed by atoms with E-state index < -0.39 is 10.1 Å². The molecule has 3 rings (SSSR count). The van der Waals surface area contributed by atoms with E-state index in [-0.39, 0.29) is 4.90 Å². The van der Waals surface area contributed by atoms with E-state index in [1.165, 1.54) is 12.1 Å². The summed E-state index contributed by atoms with van der Waals surface area (Å²) in [5, 5.41) is 1.83. The van der Waals surface area contributed by atoms with E-state index in [1.54, 1.807) is 17.4 Å². The summed E-state index contributed by atoms with van der Waals surface area (Å²) >= 11 is 5.00. The van der Waals surface area contributed by atoms with Gasteiger partial charge in [0.15, 0.2) is 0 Å². The van der Waals surface area contributed by atoms with Gasteiger partial charge in [0.05, 0.1) is 4.90 Å². The largest absolute Gasteiger partial charge is 0.294 e. The van der Waals surface area contributed by atoms with Crippen LogP contribution in [0.2, 0.25) is 0 Å². The van der Waals surface area contributed by atoms with Gasteiger partial charge in [-0.05, 0) is 30.3 Å². The lowest BCUT2D eigenvalue weighted by molar-refractivity contribution is 0.483. The van der Waals surface area contributed by atoms with Crippen molar-refractivity contribution >= 4 is 57.6 Å². The Morgan fingerprint density at radius 2 is 1.78 bits per heavy atom. The van der Waals surface area contributed by atoms with Crippen LogP contribution in [0.5, 0.6) is 0 Å². The Bertz CT molecular complexity index is 866. The van der Waals surface area contributed by atoms with Crippen molar-refractivity contribution in [2.45, 2.75) is 4.90 Å². The van der Waals surface area contributed by atoms with Crippen LogP contribution in [-0.2, 0) is 10.1 Å². The van der Waals surface area contributed by atoms with E-state index in [0.29, 0.717) is 0 Å². The van der Waals surface area contributed by atoms with Gasteiger partial charge < -0.3 is 0 Å². The third kappa shape index (κ3) is 1.95. The summed E-state index contributed by atoms with van der Waals surface area (Å²) in [5.41, 5.74) is 0. The number of benzene rings is 2. The maximum absolute atomic E-state index is 11.1. The van der Waals surface area contributed by atoms with Crippen molar-refractivity contribution in [1.82, 2.24) is 0 Å². The van der Waals surface area contributed by atoms with Gasteiger partial charge >= 0.3 is 0 Å². The molecule has 0 aliphatic rings. The fraction of sp³-hybridized carbons (Fsp3) is 0. The Morgan fingerprint density at radius 1 is 1.00 bits per heavy atom. The molecule has 0 fully saturated rings. The van der Waals surface area contributed by atoms with Crippen molar-refractivity contribution in [3.63, 3.8) is 0 Å². The van der Waals surface area contributed by atoms with Gasteiger partial charge in [0, 0.05) is 24.6 Å². The molecule has 1 heterocycles. The molecule has 0 aliphatic carbocycles. The van der Waals surface area contributed by atoms with Crippen molar-refractivity contribution in [2.24, 2.45) is 0 Å². The molecule has 3 nitrogen and oxygen atoms in total. The highest BCUT2D eigenvalue weighted by Crippen LogP contribution is 2.36. The third-order valence-electron chi connectivity index (χ3n) is 2.70. The van der Waals surface area contributed by atoms with Gasteiger partial charge in [0.2, 0.25) is 0 Å². The van der Waals surface area contributed by atoms with Gasteiger partial charge in [0.25, 0.3) is 10.1 Å². The normalized spacial score (nSPS) is 12.3. The summed E-state index contributed by atoms with van der Waals surface area (Å²) in [4.78, 5) is -0.0716. The summed E-state index contributed by atoms with van der Waals surface area (Å²) in [6.07, 6.45) is 0. The molecule has 0 unspecified atom stereocenters. The Hall–Kier alpha value is -0.950. The molecule has 6 heteroatoms. The van der Waals surface area contributed by atoms with Crippen LogP contribution in [-0.4, -0.2) is 13.0 Å². The van der Waals surface area contributed by atoms with E-state index in [1.807, 2.05) is 18.2 Å². The van der Waals surface area contributed by atoms with Gasteiger partial charge in [-0.2, -0.15) is 8.42 Å². The topological polar surface area (TPSA) is 54.4 Å². The summed E-state index contributed by atoms with van der Waals surface area (Å²) in [6.45, 7) is 0. The quantitative estimate of drug-likeness (QED) is 0.678. The van der Waals surface area contributed by atoms with Crippen molar-refractivity contribution in [3.8, 4) is 0 Å². The van der Waals surface area contributed by atoms with Crippen LogP contribution in [0.25, 0.3) is 20.2 Å². The first-order chi connectivity index (χ1) is 8.45. The first-order valence-corrected chi connectivity index (χ1v) is 8.09. The Morgan fingerprint density at radius 3 is 2.50 bits per heavy atom. The van der Waals surface area contributed by atoms with E-state index >= 15 is 0 Å². The lowest BCUT2D eigenvalue weighted by atomic mass is 10.1. The first kappa shape index (κ1) is 12.1. The Kier molecular flexibility index (Phi) is 2.71. The SMILES string of the molecule is O=S(=O)(O)c1ccc2sc3cc(Br)ccc3c2c1. The monoisotopic (exact) mass is 342 g/mol. The standard InChI is InChI=1S/C12H7BrO3S2/c13-7-1-3-9-10-6-8(18(14,15)16)2-4-11(10)17-12(9)5-7/h1-6H,(H,14,15,16). The predicted molar refractivity (Wildman–Crippen MR) is 76.8 cm³/mol. The lowest BCUT2D eigenvalue weighted by Gasteiger charge is -1.97. The average Bonchev–Trinajstić information content (AvgIpc) is 2.63. The second-order valence-corrected chi connectivity index (χ2v) is 7.30. The highest BCUT2D eigenvalue weighted by molar-refractivity contribution is 9.10. The Labute approximate surface area is 116 Å². The molecule has 0 bridgehead atoms. The van der Waals surface area contributed by atoms with Crippen molar-refractivity contribution < 1.29 is 13.0 Å². The highest BCUT2D eigenvalue weighted by Gasteiger charge is 2.12. The summed E-state index contributed by atoms with van der Waals surface area (Å²) in [7, 11) is -4.15. The molecule has 1 aromatic heterocycles. The van der Waals surface area contributed by atoms with Gasteiger partial charge in [-0.3, -0.25) is 4.55 Å². The lowest BCUT2D eigenvalue weighted by Crippen LogP contribution is -1.96. The second-order valence-electron chi connectivity index (χ2n) is 3.88. The molecule has 0 aliphatic heterocycles. The van der Waals surface area contributed by atoms with E-state index in [4.69, 9.17) is 4.55 Å². The van der Waals surface area contributed by atoms with Crippen LogP contribution in [0.1, 0.15) is 0 Å². The van der Waals surface area contributed by atoms with Crippen LogP contribution >= 0.6 is 27.3 Å². The van der Waals surface area contributed by atoms with Gasteiger partial charge in [-0.1, -0.05) is 22.0 Å². The molecule has 0 spiro atoms. The number of rotatable bonds is 1. The van der Waals surface area contributed by atoms with Crippen molar-refractivity contribution in [1.29, 1.82) is 0 Å². The zero-order valence-electron chi connectivity index (χ0n) is 8.92. The van der Waals surface area contributed by atoms with E-state index in [9.17, 15) is 8.42 Å². The van der Waals surface area contributed by atoms with Crippen LogP contribution in [0.3, 0.4) is 0 Å². The molecule has 18 heavy (non-hydrogen) atoms. The molecule has 0 radical (unpaired) electrons. The van der Waals surface area contributed by atoms with Crippen LogP contribution < -0.4 is 0 Å². The number of thiophene rings is 1. The zero-order valence-corrected chi connectivity index (χ0v) is 12.1. The van der Waals surface area contributed by atoms with Crippen LogP contribution in [0, 0.1) is 0 Å². The molecular weight excluding hydrogens is 336 g/mol. The molecule has 0 amide bonds. The van der Waals surface area contributed by atoms with Gasteiger partial charge in [-0.15, -0.1) is 11.3 Å². The summed E-state index contributed by atoms with van der Waals surface area (Å²) < 4.78 is 34.4. The number of fused-ring (bicyclic) bond motifs is 3. The van der Waals surface area contributed by atoms with Gasteiger partial charge in [0.1, 0.15) is 0 Å². The maximum Gasteiger partial charge on any atom is 0.294 e. The molecule has 0 saturated carbocycles. The van der Waals surface area contributed by atoms with E-state index in [2.05, 4.69) is 15.9 Å². The molecule has 2 aromatic carbocycles. The summed E-state index contributed by atoms with van der Waals surface area (Å²) in [6, 6.07) is 10.5. The zero-order chi connectivity index (χ0) is 12.9. The molecule has 1 N–H and O–H groups in total. The number of hydrogen-bond donors (Lipinski definition) is 1. The molecule has 3 aromatic rings. The van der Waals surface area contributed by atoms with Gasteiger partial charge in [-0.25, -0.2) is 0 Å². The maximum atomic E-state index is 11.1. The van der Waals surface area contributed by atoms with Crippen LogP contribution in [0.4, 0.5) is 0 Å². The third-order valence-corrected chi connectivity index (χ3v) is 5.18. The molecule has 0 saturated heterocycles.